The van der Waals surface area contributed by atoms with Crippen molar-refractivity contribution in [1.82, 2.24) is 10.6 Å². The van der Waals surface area contributed by atoms with Gasteiger partial charge < -0.3 is 20.1 Å². The monoisotopic (exact) mass is 391 g/mol. The summed E-state index contributed by atoms with van der Waals surface area (Å²) < 4.78 is 11.0. The Labute approximate surface area is 162 Å². The average molecular weight is 391 g/mol. The van der Waals surface area contributed by atoms with Crippen molar-refractivity contribution in [1.29, 1.82) is 0 Å². The second-order valence-corrected chi connectivity index (χ2v) is 6.78. The molecule has 2 aliphatic rings. The zero-order valence-corrected chi connectivity index (χ0v) is 16.0. The highest BCUT2D eigenvalue weighted by Crippen LogP contribution is 2.42. The van der Waals surface area contributed by atoms with Crippen molar-refractivity contribution in [2.45, 2.75) is 38.6 Å². The van der Waals surface area contributed by atoms with Gasteiger partial charge in [0.1, 0.15) is 0 Å². The molecule has 3 rings (SSSR count). The molecule has 0 saturated carbocycles. The predicted molar refractivity (Wildman–Crippen MR) is 103 cm³/mol. The first-order valence-corrected chi connectivity index (χ1v) is 9.20. The number of nitrogens with one attached hydrogen (secondary N) is 2. The number of rotatable bonds is 6. The summed E-state index contributed by atoms with van der Waals surface area (Å²) in [5.41, 5.74) is 1.42. The Morgan fingerprint density at radius 1 is 1.33 bits per heavy atom. The van der Waals surface area contributed by atoms with Crippen LogP contribution in [0, 0.1) is 10.1 Å². The molecular weight excluding hydrogens is 370 g/mol. The van der Waals surface area contributed by atoms with E-state index in [1.165, 1.54) is 13.2 Å². The summed E-state index contributed by atoms with van der Waals surface area (Å²) in [5.74, 6) is 0.640. The van der Waals surface area contributed by atoms with Gasteiger partial charge in [-0.15, -0.1) is 0 Å². The summed E-state index contributed by atoms with van der Waals surface area (Å²) in [6.07, 6.45) is 2.60. The van der Waals surface area contributed by atoms with E-state index in [0.717, 1.165) is 18.5 Å². The zero-order valence-electron chi connectivity index (χ0n) is 15.2. The van der Waals surface area contributed by atoms with Crippen LogP contribution >= 0.6 is 12.2 Å². The van der Waals surface area contributed by atoms with Crippen LogP contribution in [0.3, 0.4) is 0 Å². The molecule has 9 heteroatoms. The van der Waals surface area contributed by atoms with Gasteiger partial charge in [-0.2, -0.15) is 0 Å². The zero-order chi connectivity index (χ0) is 19.6. The number of nitro groups is 1. The molecule has 2 N–H and O–H groups in total. The van der Waals surface area contributed by atoms with Gasteiger partial charge in [0, 0.05) is 17.7 Å². The van der Waals surface area contributed by atoms with Crippen molar-refractivity contribution >= 4 is 28.8 Å². The fourth-order valence-corrected chi connectivity index (χ4v) is 3.62. The first-order chi connectivity index (χ1) is 13.0. The van der Waals surface area contributed by atoms with Gasteiger partial charge in [-0.05, 0) is 37.5 Å². The van der Waals surface area contributed by atoms with Crippen molar-refractivity contribution in [3.8, 4) is 11.5 Å². The lowest BCUT2D eigenvalue weighted by Gasteiger charge is -2.33. The fourth-order valence-electron chi connectivity index (χ4n) is 3.38. The molecule has 1 atom stereocenters. The van der Waals surface area contributed by atoms with E-state index >= 15 is 0 Å². The Bertz CT molecular complexity index is 837. The van der Waals surface area contributed by atoms with Gasteiger partial charge in [-0.1, -0.05) is 6.92 Å². The van der Waals surface area contributed by atoms with Gasteiger partial charge in [0.2, 0.25) is 0 Å². The van der Waals surface area contributed by atoms with Crippen LogP contribution in [0.1, 0.15) is 44.2 Å². The van der Waals surface area contributed by atoms with E-state index in [0.29, 0.717) is 41.4 Å². The second kappa shape index (κ2) is 7.91. The molecule has 0 spiro atoms. The molecule has 144 valence electrons. The highest BCUT2D eigenvalue weighted by Gasteiger charge is 2.37. The summed E-state index contributed by atoms with van der Waals surface area (Å²) >= 11 is 5.26. The Kier molecular flexibility index (Phi) is 5.59. The number of nitro benzene ring substituents is 1. The van der Waals surface area contributed by atoms with Crippen molar-refractivity contribution < 1.29 is 19.2 Å². The summed E-state index contributed by atoms with van der Waals surface area (Å²) in [6, 6.07) is 2.21. The standard InChI is InChI=1S/C18H21N3O5S/c1-3-7-26-15-8-10(12(21(23)24)9-14(15)25-2)17-16-11(19-18(27)20-17)5-4-6-13(16)22/h8-9,17H,3-7H2,1-2H3,(H2,19,20,27). The third-order valence-corrected chi connectivity index (χ3v) is 4.79. The third-order valence-electron chi connectivity index (χ3n) is 4.57. The molecule has 0 aromatic heterocycles. The number of ether oxygens (including phenoxy) is 2. The molecule has 0 radical (unpaired) electrons. The van der Waals surface area contributed by atoms with E-state index in [1.807, 2.05) is 6.92 Å². The molecule has 1 aliphatic carbocycles. The van der Waals surface area contributed by atoms with E-state index in [1.54, 1.807) is 6.07 Å². The lowest BCUT2D eigenvalue weighted by molar-refractivity contribution is -0.385. The lowest BCUT2D eigenvalue weighted by Crippen LogP contribution is -2.46. The van der Waals surface area contributed by atoms with Gasteiger partial charge in [0.05, 0.1) is 36.3 Å². The molecule has 0 fully saturated rings. The van der Waals surface area contributed by atoms with Gasteiger partial charge in [0.15, 0.2) is 22.4 Å². The number of hydrogen-bond donors (Lipinski definition) is 2. The smallest absolute Gasteiger partial charge is 0.279 e. The molecule has 1 unspecified atom stereocenters. The average Bonchev–Trinajstić information content (AvgIpc) is 2.64. The van der Waals surface area contributed by atoms with Crippen molar-refractivity contribution in [3.05, 3.63) is 39.1 Å². The summed E-state index contributed by atoms with van der Waals surface area (Å²) in [5, 5.41) is 18.1. The SMILES string of the molecule is CCCOc1cc(C2NC(=S)NC3=C2C(=O)CCC3)c([N+](=O)[O-])cc1OC. The first kappa shape index (κ1) is 19.1. The number of carbonyl (C=O) groups is 1. The van der Waals surface area contributed by atoms with Crippen LogP contribution in [0.4, 0.5) is 5.69 Å². The maximum atomic E-state index is 12.6. The van der Waals surface area contributed by atoms with Gasteiger partial charge in [-0.3, -0.25) is 14.9 Å². The number of nitrogens with zero attached hydrogens (tertiary/aromatic N) is 1. The highest BCUT2D eigenvalue weighted by atomic mass is 32.1. The summed E-state index contributed by atoms with van der Waals surface area (Å²) in [7, 11) is 1.43. The second-order valence-electron chi connectivity index (χ2n) is 6.37. The number of thiocarbonyl (C=S) groups is 1. The van der Waals surface area contributed by atoms with Crippen LogP contribution in [0.25, 0.3) is 0 Å². The van der Waals surface area contributed by atoms with Crippen LogP contribution < -0.4 is 20.1 Å². The first-order valence-electron chi connectivity index (χ1n) is 8.79. The van der Waals surface area contributed by atoms with Gasteiger partial charge >= 0.3 is 0 Å². The van der Waals surface area contributed by atoms with Crippen LogP contribution in [0.15, 0.2) is 23.4 Å². The van der Waals surface area contributed by atoms with E-state index in [9.17, 15) is 14.9 Å². The molecule has 0 saturated heterocycles. The van der Waals surface area contributed by atoms with E-state index in [-0.39, 0.29) is 17.2 Å². The number of carbonyl (C=O) groups excluding carboxylic acids is 1. The number of benzene rings is 1. The molecule has 27 heavy (non-hydrogen) atoms. The summed E-state index contributed by atoms with van der Waals surface area (Å²) in [4.78, 5) is 23.8. The Morgan fingerprint density at radius 2 is 2.11 bits per heavy atom. The largest absolute Gasteiger partial charge is 0.493 e. The maximum Gasteiger partial charge on any atom is 0.279 e. The maximum absolute atomic E-state index is 12.6. The Morgan fingerprint density at radius 3 is 2.78 bits per heavy atom. The lowest BCUT2D eigenvalue weighted by atomic mass is 9.85. The molecule has 0 amide bonds. The topological polar surface area (TPSA) is 103 Å². The van der Waals surface area contributed by atoms with Gasteiger partial charge in [-0.25, -0.2) is 0 Å². The van der Waals surface area contributed by atoms with Crippen molar-refractivity contribution in [3.63, 3.8) is 0 Å². The number of methoxy groups -OCH3 is 1. The fraction of sp³-hybridized carbons (Fsp3) is 0.444. The predicted octanol–water partition coefficient (Wildman–Crippen LogP) is 2.92. The molecule has 1 heterocycles. The molecule has 1 aliphatic heterocycles. The molecule has 1 aromatic rings. The summed E-state index contributed by atoms with van der Waals surface area (Å²) in [6.45, 7) is 2.40. The van der Waals surface area contributed by atoms with Crippen LogP contribution in [0.2, 0.25) is 0 Å². The molecule has 1 aromatic carbocycles. The van der Waals surface area contributed by atoms with Crippen molar-refractivity contribution in [2.75, 3.05) is 13.7 Å². The third kappa shape index (κ3) is 3.73. The van der Waals surface area contributed by atoms with Crippen LogP contribution in [-0.4, -0.2) is 29.5 Å². The quantitative estimate of drug-likeness (QED) is 0.433. The number of ketones is 1. The molecule has 8 nitrogen and oxygen atoms in total. The number of hydrogen-bond acceptors (Lipinski definition) is 6. The minimum Gasteiger partial charge on any atom is -0.493 e. The number of allylic oxidation sites excluding steroid dienone is 1. The minimum absolute atomic E-state index is 0.0371. The molecule has 0 bridgehead atoms. The van der Waals surface area contributed by atoms with Crippen LogP contribution in [0.5, 0.6) is 11.5 Å². The normalized spacial score (nSPS) is 19.1. The van der Waals surface area contributed by atoms with E-state index < -0.39 is 11.0 Å². The van der Waals surface area contributed by atoms with E-state index in [2.05, 4.69) is 10.6 Å². The van der Waals surface area contributed by atoms with E-state index in [4.69, 9.17) is 21.7 Å². The molecular formula is C18H21N3O5S. The van der Waals surface area contributed by atoms with Crippen molar-refractivity contribution in [2.24, 2.45) is 0 Å². The highest BCUT2D eigenvalue weighted by molar-refractivity contribution is 7.80. The van der Waals surface area contributed by atoms with Crippen LogP contribution in [-0.2, 0) is 4.79 Å². The number of Topliss-reactive ketones (excluding diaryl/α,β-unsaturated/α-hetero) is 1. The Hall–Kier alpha value is -2.68. The Balaban J connectivity index is 2.17. The minimum atomic E-state index is -0.697. The van der Waals surface area contributed by atoms with Gasteiger partial charge in [0.25, 0.3) is 5.69 Å².